The van der Waals surface area contributed by atoms with E-state index in [9.17, 15) is 0 Å². The van der Waals surface area contributed by atoms with Crippen molar-refractivity contribution in [3.8, 4) is 0 Å². The Morgan fingerprint density at radius 2 is 0.917 bits per heavy atom. The van der Waals surface area contributed by atoms with Gasteiger partial charge < -0.3 is 34.3 Å². The first-order chi connectivity index (χ1) is 3.73. The molecule has 62 valence electrons. The zero-order valence-corrected chi connectivity index (χ0v) is 16.5. The van der Waals surface area contributed by atoms with Crippen molar-refractivity contribution in [1.29, 1.82) is 0 Å². The molecule has 0 saturated carbocycles. The van der Waals surface area contributed by atoms with E-state index in [0.29, 0.717) is 0 Å². The monoisotopic (exact) mass is 782 g/mol. The third kappa shape index (κ3) is 355. The Morgan fingerprint density at radius 1 is 0.917 bits per heavy atom. The van der Waals surface area contributed by atoms with Crippen LogP contribution in [0.5, 0.6) is 0 Å². The van der Waals surface area contributed by atoms with Gasteiger partial charge in [0.1, 0.15) is 0 Å². The molecule has 0 saturated heterocycles. The Kier molecular flexibility index (Phi) is 37.7. The zero-order valence-electron chi connectivity index (χ0n) is 5.15. The average Bonchev–Trinajstić information content (AvgIpc) is 1.19. The van der Waals surface area contributed by atoms with Gasteiger partial charge in [-0.1, -0.05) is 0 Å². The first-order valence-electron chi connectivity index (χ1n) is 1.34. The van der Waals surface area contributed by atoms with Gasteiger partial charge in [-0.25, -0.2) is 0 Å². The molecule has 0 fully saturated rings. The van der Waals surface area contributed by atoms with Gasteiger partial charge in [0, 0.05) is 0 Å². The van der Waals surface area contributed by atoms with Crippen molar-refractivity contribution in [2.45, 2.75) is 0 Å². The topological polar surface area (TPSA) is 149 Å². The molecule has 0 spiro atoms. The van der Waals surface area contributed by atoms with Gasteiger partial charge in [-0.2, -0.15) is 7.82 Å². The van der Waals surface area contributed by atoms with Crippen LogP contribution in [0.3, 0.4) is 0 Å². The van der Waals surface area contributed by atoms with Crippen LogP contribution in [0.1, 0.15) is 0 Å². The third-order valence-electron chi connectivity index (χ3n) is 0. The molecule has 0 bridgehead atoms. The first kappa shape index (κ1) is 29.2. The van der Waals surface area contributed by atoms with Crippen LogP contribution in [-0.4, -0.2) is 84.8 Å². The molecule has 0 rings (SSSR count). The molecule has 7 nitrogen and oxygen atoms in total. The van der Waals surface area contributed by atoms with Crippen LogP contribution in [0.15, 0.2) is 0 Å². The molecule has 12 heavy (non-hydrogen) atoms. The Bertz CT molecular complexity index is 118. The molecular formula is CBi3O7P+4. The molecule has 0 aromatic carbocycles. The molecule has 0 aromatic rings. The molecule has 0 amide bonds. The number of phosphoric acid groups is 1. The van der Waals surface area contributed by atoms with E-state index < -0.39 is 14.0 Å². The van der Waals surface area contributed by atoms with Crippen molar-refractivity contribution in [2.24, 2.45) is 0 Å². The number of hydrogen-bond donors (Lipinski definition) is 0. The summed E-state index contributed by atoms with van der Waals surface area (Å²) in [5.74, 6) is 0. The molecule has 6 radical (unpaired) electrons. The molecular weight excluding hydrogens is 782 g/mol. The third-order valence-corrected chi connectivity index (χ3v) is 0. The Labute approximate surface area is 125 Å². The second-order valence-corrected chi connectivity index (χ2v) is 1.59. The largest absolute Gasteiger partial charge is 3.00 e. The van der Waals surface area contributed by atoms with E-state index >= 15 is 0 Å². The minimum absolute atomic E-state index is 0. The standard InChI is InChI=1S/CH2O3.3Bi.H3O4P/c2-1(3)4;;;;1-5(2,3)4/h(H2,2,3,4);;;;(H3,1,2,3,4)/q;3*+3;/p-5. The molecule has 0 aromatic heterocycles. The van der Waals surface area contributed by atoms with Crippen molar-refractivity contribution in [2.75, 3.05) is 0 Å². The fraction of sp³-hybridized carbons (Fsp3) is 0. The molecule has 11 heteroatoms. The summed E-state index contributed by atoms with van der Waals surface area (Å²) in [5.41, 5.74) is 0. The number of carbonyl (C=O) groups excluding carboxylic acids is 1. The summed E-state index contributed by atoms with van der Waals surface area (Å²) >= 11 is 0. The summed E-state index contributed by atoms with van der Waals surface area (Å²) in [6, 6.07) is 0. The number of carboxylic acid groups (broad SMARTS) is 2. The summed E-state index contributed by atoms with van der Waals surface area (Å²) in [6.07, 6.45) is -2.33. The van der Waals surface area contributed by atoms with Gasteiger partial charge in [0.2, 0.25) is 0 Å². The van der Waals surface area contributed by atoms with Crippen LogP contribution in [0.2, 0.25) is 0 Å². The fourth-order valence-corrected chi connectivity index (χ4v) is 0. The van der Waals surface area contributed by atoms with Crippen LogP contribution in [0.4, 0.5) is 4.79 Å². The maximum absolute atomic E-state index is 8.55. The number of rotatable bonds is 0. The smallest absolute Gasteiger partial charge is 0.822 e. The fourth-order valence-electron chi connectivity index (χ4n) is 0. The number of carbonyl (C=O) groups is 1. The Balaban J connectivity index is -0.0000000221. The van der Waals surface area contributed by atoms with Gasteiger partial charge in [-0.3, -0.25) is 0 Å². The van der Waals surface area contributed by atoms with Gasteiger partial charge >= 0.3 is 78.6 Å². The van der Waals surface area contributed by atoms with E-state index in [0.717, 1.165) is 0 Å². The average molecular weight is 782 g/mol. The maximum Gasteiger partial charge on any atom is 3.00 e. The summed E-state index contributed by atoms with van der Waals surface area (Å²) in [4.78, 5) is 34.0. The Hall–Kier alpha value is 2.03. The van der Waals surface area contributed by atoms with Gasteiger partial charge in [-0.05, 0) is 6.16 Å². The normalized spacial score (nSPS) is 6.92. The van der Waals surface area contributed by atoms with Gasteiger partial charge in [0.25, 0.3) is 0 Å². The van der Waals surface area contributed by atoms with Gasteiger partial charge in [0.05, 0.1) is 0 Å². The van der Waals surface area contributed by atoms with Crippen LogP contribution in [-0.2, 0) is 4.57 Å². The quantitative estimate of drug-likeness (QED) is 0.176. The second-order valence-electron chi connectivity index (χ2n) is 0.697. The van der Waals surface area contributed by atoms with Crippen molar-refractivity contribution in [3.63, 3.8) is 0 Å². The zero-order chi connectivity index (χ0) is 8.08. The molecule has 0 aliphatic carbocycles. The maximum atomic E-state index is 8.55. The summed E-state index contributed by atoms with van der Waals surface area (Å²) in [6.45, 7) is 0. The molecule has 0 unspecified atom stereocenters. The minimum atomic E-state index is -5.39. The van der Waals surface area contributed by atoms with Crippen molar-refractivity contribution >= 4 is 92.6 Å². The van der Waals surface area contributed by atoms with Gasteiger partial charge in [-0.15, -0.1) is 0 Å². The summed E-state index contributed by atoms with van der Waals surface area (Å²) in [5, 5.41) is 16.7. The van der Waals surface area contributed by atoms with Crippen molar-refractivity contribution < 1.29 is 34.3 Å². The van der Waals surface area contributed by atoms with E-state index in [-0.39, 0.29) is 78.6 Å². The SMILES string of the molecule is O=C([O-])[O-].O=P([O-])([O-])[O-].[Bi+3].[Bi+3].[Bi+3]. The van der Waals surface area contributed by atoms with Crippen LogP contribution >= 0.6 is 7.82 Å². The predicted molar refractivity (Wildman–Crippen MR) is 30.3 cm³/mol. The van der Waals surface area contributed by atoms with E-state index in [2.05, 4.69) is 0 Å². The van der Waals surface area contributed by atoms with E-state index in [1.54, 1.807) is 0 Å². The van der Waals surface area contributed by atoms with Crippen LogP contribution in [0.25, 0.3) is 0 Å². The van der Waals surface area contributed by atoms with E-state index in [1.807, 2.05) is 0 Å². The minimum Gasteiger partial charge on any atom is -0.822 e. The molecule has 0 aliphatic rings. The van der Waals surface area contributed by atoms with E-state index in [4.69, 9.17) is 34.3 Å². The molecule has 0 aliphatic heterocycles. The first-order valence-corrected chi connectivity index (χ1v) is 2.80. The summed E-state index contributed by atoms with van der Waals surface area (Å²) < 4.78 is 8.55. The van der Waals surface area contributed by atoms with Crippen LogP contribution in [0, 0.1) is 0 Å². The number of hydrogen-bond acceptors (Lipinski definition) is 7. The summed E-state index contributed by atoms with van der Waals surface area (Å²) in [7, 11) is -5.39. The van der Waals surface area contributed by atoms with Crippen molar-refractivity contribution in [1.82, 2.24) is 0 Å². The predicted octanol–water partition coefficient (Wildman–Crippen LogP) is -6.41. The molecule has 0 heterocycles. The van der Waals surface area contributed by atoms with Crippen molar-refractivity contribution in [3.05, 3.63) is 0 Å². The molecule has 0 atom stereocenters. The second kappa shape index (κ2) is 15.5. The van der Waals surface area contributed by atoms with Crippen LogP contribution < -0.4 is 24.9 Å². The van der Waals surface area contributed by atoms with Gasteiger partial charge in [0.15, 0.2) is 0 Å². The van der Waals surface area contributed by atoms with E-state index in [1.165, 1.54) is 0 Å². The molecule has 0 N–H and O–H groups in total. The Morgan fingerprint density at radius 3 is 0.917 bits per heavy atom.